The maximum Gasteiger partial charge on any atom is 0.128 e. The van der Waals surface area contributed by atoms with Crippen molar-refractivity contribution in [1.82, 2.24) is 0 Å². The van der Waals surface area contributed by atoms with Crippen LogP contribution in [0.2, 0.25) is 0 Å². The highest BCUT2D eigenvalue weighted by Gasteiger charge is 2.15. The average molecular weight is 290 g/mol. The number of thiophene rings is 1. The summed E-state index contributed by atoms with van der Waals surface area (Å²) < 4.78 is 2.35. The molecule has 1 heterocycles. The molecule has 0 bridgehead atoms. The van der Waals surface area contributed by atoms with Gasteiger partial charge in [-0.25, -0.2) is 0 Å². The van der Waals surface area contributed by atoms with Crippen molar-refractivity contribution in [2.45, 2.75) is 6.92 Å². The van der Waals surface area contributed by atoms with Crippen molar-refractivity contribution in [3.8, 4) is 16.9 Å². The molecule has 0 fully saturated rings. The lowest BCUT2D eigenvalue weighted by atomic mass is 9.97. The number of rotatable bonds is 1. The molecular weight excluding hydrogens is 276 g/mol. The lowest BCUT2D eigenvalue weighted by Gasteiger charge is -2.09. The third-order valence-electron chi connectivity index (χ3n) is 3.98. The summed E-state index contributed by atoms with van der Waals surface area (Å²) in [6, 6.07) is 20.7. The van der Waals surface area contributed by atoms with Gasteiger partial charge in [-0.05, 0) is 35.7 Å². The van der Waals surface area contributed by atoms with E-state index in [2.05, 4.69) is 30.3 Å². The molecule has 1 N–H and O–H groups in total. The summed E-state index contributed by atoms with van der Waals surface area (Å²) in [5, 5.41) is 12.8. The van der Waals surface area contributed by atoms with Gasteiger partial charge in [0.2, 0.25) is 0 Å². The second-order valence-corrected chi connectivity index (χ2v) is 6.32. The second kappa shape index (κ2) is 4.61. The third kappa shape index (κ3) is 1.83. The normalized spacial score (nSPS) is 11.3. The Bertz CT molecular complexity index is 952. The fourth-order valence-electron chi connectivity index (χ4n) is 2.88. The Morgan fingerprint density at radius 3 is 2.38 bits per heavy atom. The van der Waals surface area contributed by atoms with E-state index in [9.17, 15) is 5.11 Å². The molecule has 4 aromatic rings. The Hall–Kier alpha value is -2.32. The van der Waals surface area contributed by atoms with Gasteiger partial charge in [-0.3, -0.25) is 0 Å². The first-order valence-electron chi connectivity index (χ1n) is 6.95. The predicted molar refractivity (Wildman–Crippen MR) is 91.2 cm³/mol. The summed E-state index contributed by atoms with van der Waals surface area (Å²) in [6.45, 7) is 1.99. The molecule has 3 aromatic carbocycles. The van der Waals surface area contributed by atoms with Crippen LogP contribution in [0.15, 0.2) is 60.7 Å². The highest BCUT2D eigenvalue weighted by atomic mass is 32.1. The molecule has 1 aromatic heterocycles. The Morgan fingerprint density at radius 2 is 1.57 bits per heavy atom. The first-order chi connectivity index (χ1) is 10.3. The maximum absolute atomic E-state index is 10.7. The number of hydrogen-bond acceptors (Lipinski definition) is 2. The van der Waals surface area contributed by atoms with E-state index in [0.29, 0.717) is 5.75 Å². The van der Waals surface area contributed by atoms with Crippen LogP contribution < -0.4 is 0 Å². The fraction of sp³-hybridized carbons (Fsp3) is 0.0526. The number of aromatic hydroxyl groups is 1. The number of fused-ring (bicyclic) bond motifs is 3. The molecule has 0 spiro atoms. The van der Waals surface area contributed by atoms with Crippen molar-refractivity contribution in [3.63, 3.8) is 0 Å². The zero-order chi connectivity index (χ0) is 14.4. The Balaban J connectivity index is 2.12. The molecule has 0 saturated heterocycles. The quantitative estimate of drug-likeness (QED) is 0.474. The van der Waals surface area contributed by atoms with Crippen LogP contribution in [0.1, 0.15) is 5.56 Å². The lowest BCUT2D eigenvalue weighted by Crippen LogP contribution is -1.84. The molecule has 0 atom stereocenters. The topological polar surface area (TPSA) is 20.2 Å². The zero-order valence-corrected chi connectivity index (χ0v) is 12.4. The van der Waals surface area contributed by atoms with Gasteiger partial charge in [-0.1, -0.05) is 48.5 Å². The summed E-state index contributed by atoms with van der Waals surface area (Å²) in [7, 11) is 0. The van der Waals surface area contributed by atoms with Gasteiger partial charge in [0.15, 0.2) is 0 Å². The monoisotopic (exact) mass is 290 g/mol. The van der Waals surface area contributed by atoms with E-state index in [4.69, 9.17) is 0 Å². The van der Waals surface area contributed by atoms with Gasteiger partial charge in [0.05, 0.1) is 0 Å². The lowest BCUT2D eigenvalue weighted by molar-refractivity contribution is 0.478. The maximum atomic E-state index is 10.7. The van der Waals surface area contributed by atoms with Gasteiger partial charge in [-0.2, -0.15) is 0 Å². The predicted octanol–water partition coefficient (Wildman–Crippen LogP) is 5.74. The molecule has 0 amide bonds. The minimum atomic E-state index is 0.406. The Morgan fingerprint density at radius 1 is 0.857 bits per heavy atom. The van der Waals surface area contributed by atoms with E-state index in [1.54, 1.807) is 11.3 Å². The molecular formula is C19H14OS. The highest BCUT2D eigenvalue weighted by molar-refractivity contribution is 7.25. The van der Waals surface area contributed by atoms with Crippen LogP contribution in [0.4, 0.5) is 0 Å². The zero-order valence-electron chi connectivity index (χ0n) is 11.6. The van der Waals surface area contributed by atoms with E-state index in [0.717, 1.165) is 32.2 Å². The molecule has 0 aliphatic heterocycles. The number of phenolic OH excluding ortho intramolecular Hbond substituents is 1. The van der Waals surface area contributed by atoms with E-state index < -0.39 is 0 Å². The molecule has 0 aliphatic carbocycles. The molecule has 4 rings (SSSR count). The third-order valence-corrected chi connectivity index (χ3v) is 5.10. The SMILES string of the molecule is Cc1c(-c2ccccc2)cc2sc3ccccc3c2c1O. The molecule has 0 radical (unpaired) electrons. The van der Waals surface area contributed by atoms with Crippen LogP contribution in [0.5, 0.6) is 5.75 Å². The van der Waals surface area contributed by atoms with Crippen LogP contribution in [0.25, 0.3) is 31.3 Å². The van der Waals surface area contributed by atoms with Crippen molar-refractivity contribution < 1.29 is 5.11 Å². The van der Waals surface area contributed by atoms with E-state index in [1.165, 1.54) is 4.70 Å². The van der Waals surface area contributed by atoms with Gasteiger partial charge in [0, 0.05) is 20.2 Å². The summed E-state index contributed by atoms with van der Waals surface area (Å²) in [4.78, 5) is 0. The molecule has 102 valence electrons. The average Bonchev–Trinajstić information content (AvgIpc) is 2.90. The van der Waals surface area contributed by atoms with Crippen molar-refractivity contribution in [3.05, 3.63) is 66.2 Å². The first kappa shape index (κ1) is 12.4. The molecule has 0 saturated carbocycles. The second-order valence-electron chi connectivity index (χ2n) is 5.24. The van der Waals surface area contributed by atoms with Crippen LogP contribution in [0.3, 0.4) is 0 Å². The van der Waals surface area contributed by atoms with E-state index in [1.807, 2.05) is 37.3 Å². The largest absolute Gasteiger partial charge is 0.507 e. The van der Waals surface area contributed by atoms with Crippen molar-refractivity contribution in [2.75, 3.05) is 0 Å². The summed E-state index contributed by atoms with van der Waals surface area (Å²) in [5.74, 6) is 0.406. The van der Waals surface area contributed by atoms with Crippen LogP contribution in [-0.4, -0.2) is 5.11 Å². The van der Waals surface area contributed by atoms with E-state index in [-0.39, 0.29) is 0 Å². The smallest absolute Gasteiger partial charge is 0.128 e. The fourth-order valence-corrected chi connectivity index (χ4v) is 4.03. The molecule has 0 aliphatic rings. The molecule has 21 heavy (non-hydrogen) atoms. The van der Waals surface area contributed by atoms with Crippen molar-refractivity contribution in [2.24, 2.45) is 0 Å². The standard InChI is InChI=1S/C19H14OS/c1-12-15(13-7-3-2-4-8-13)11-17-18(19(12)20)14-9-5-6-10-16(14)21-17/h2-11,20H,1H3. The van der Waals surface area contributed by atoms with Crippen molar-refractivity contribution in [1.29, 1.82) is 0 Å². The minimum absolute atomic E-state index is 0.406. The van der Waals surface area contributed by atoms with Gasteiger partial charge in [0.1, 0.15) is 5.75 Å². The number of phenols is 1. The summed E-state index contributed by atoms with van der Waals surface area (Å²) in [5.41, 5.74) is 3.19. The Labute approximate surface area is 127 Å². The molecule has 1 nitrogen and oxygen atoms in total. The molecule has 0 unspecified atom stereocenters. The van der Waals surface area contributed by atoms with E-state index >= 15 is 0 Å². The van der Waals surface area contributed by atoms with Crippen molar-refractivity contribution >= 4 is 31.5 Å². The van der Waals surface area contributed by atoms with Crippen LogP contribution >= 0.6 is 11.3 Å². The van der Waals surface area contributed by atoms with Crippen LogP contribution in [0, 0.1) is 6.92 Å². The van der Waals surface area contributed by atoms with Gasteiger partial charge in [-0.15, -0.1) is 11.3 Å². The number of benzene rings is 3. The Kier molecular flexibility index (Phi) is 2.72. The summed E-state index contributed by atoms with van der Waals surface area (Å²) >= 11 is 1.73. The highest BCUT2D eigenvalue weighted by Crippen LogP contribution is 2.44. The van der Waals surface area contributed by atoms with Gasteiger partial charge < -0.3 is 5.11 Å². The summed E-state index contributed by atoms with van der Waals surface area (Å²) in [6.07, 6.45) is 0. The first-order valence-corrected chi connectivity index (χ1v) is 7.76. The molecule has 2 heteroatoms. The minimum Gasteiger partial charge on any atom is -0.507 e. The number of hydrogen-bond donors (Lipinski definition) is 1. The van der Waals surface area contributed by atoms with Gasteiger partial charge in [0.25, 0.3) is 0 Å². The van der Waals surface area contributed by atoms with Gasteiger partial charge >= 0.3 is 0 Å². The van der Waals surface area contributed by atoms with Crippen LogP contribution in [-0.2, 0) is 0 Å².